The maximum absolute atomic E-state index is 14.2. The van der Waals surface area contributed by atoms with Crippen LogP contribution in [0.2, 0.25) is 0 Å². The third-order valence-electron chi connectivity index (χ3n) is 5.03. The molecule has 4 rings (SSSR count). The van der Waals surface area contributed by atoms with E-state index in [9.17, 15) is 14.0 Å². The van der Waals surface area contributed by atoms with Crippen molar-refractivity contribution in [3.05, 3.63) is 54.0 Å². The molecule has 1 saturated heterocycles. The maximum atomic E-state index is 14.2. The molecule has 9 heteroatoms. The Kier molecular flexibility index (Phi) is 5.43. The minimum atomic E-state index is -1.12. The van der Waals surface area contributed by atoms with E-state index in [-0.39, 0.29) is 48.8 Å². The molecule has 156 valence electrons. The monoisotopic (exact) mass is 410 g/mol. The molecule has 1 aromatic carbocycles. The van der Waals surface area contributed by atoms with Gasteiger partial charge in [-0.2, -0.15) is 0 Å². The minimum Gasteiger partial charge on any atom is -0.348 e. The molecular formula is C21H23FN6O2. The molecule has 2 amide bonds. The number of halogens is 1. The highest BCUT2D eigenvalue weighted by Gasteiger charge is 2.36. The first-order valence-electron chi connectivity index (χ1n) is 9.92. The van der Waals surface area contributed by atoms with E-state index in [2.05, 4.69) is 20.6 Å². The van der Waals surface area contributed by atoms with Gasteiger partial charge in [0, 0.05) is 17.8 Å². The number of nitrogens with zero attached hydrogens (tertiary/aromatic N) is 5. The van der Waals surface area contributed by atoms with Gasteiger partial charge in [-0.05, 0) is 26.0 Å². The van der Waals surface area contributed by atoms with Crippen molar-refractivity contribution < 1.29 is 14.0 Å². The zero-order valence-electron chi connectivity index (χ0n) is 16.8. The van der Waals surface area contributed by atoms with Crippen molar-refractivity contribution in [1.29, 1.82) is 0 Å². The second-order valence-electron chi connectivity index (χ2n) is 7.79. The summed E-state index contributed by atoms with van der Waals surface area (Å²) < 4.78 is 15.7. The Labute approximate surface area is 173 Å². The zero-order chi connectivity index (χ0) is 21.3. The largest absolute Gasteiger partial charge is 0.348 e. The lowest BCUT2D eigenvalue weighted by atomic mass is 10.2. The fourth-order valence-electron chi connectivity index (χ4n) is 3.66. The number of carbonyl (C=O) groups is 2. The van der Waals surface area contributed by atoms with Crippen LogP contribution in [0.25, 0.3) is 10.9 Å². The second kappa shape index (κ2) is 8.17. The summed E-state index contributed by atoms with van der Waals surface area (Å²) in [6, 6.07) is 10.6. The summed E-state index contributed by atoms with van der Waals surface area (Å²) in [5.41, 5.74) is 1.18. The fourth-order valence-corrected chi connectivity index (χ4v) is 3.66. The van der Waals surface area contributed by atoms with Gasteiger partial charge >= 0.3 is 0 Å². The van der Waals surface area contributed by atoms with Gasteiger partial charge in [-0.3, -0.25) is 9.59 Å². The zero-order valence-corrected chi connectivity index (χ0v) is 16.8. The average molecular weight is 410 g/mol. The van der Waals surface area contributed by atoms with Crippen molar-refractivity contribution in [2.45, 2.75) is 45.1 Å². The Balaban J connectivity index is 1.51. The summed E-state index contributed by atoms with van der Waals surface area (Å²) in [6.07, 6.45) is 0.596. The van der Waals surface area contributed by atoms with Crippen LogP contribution in [0.5, 0.6) is 0 Å². The summed E-state index contributed by atoms with van der Waals surface area (Å²) in [6.45, 7) is 3.97. The van der Waals surface area contributed by atoms with Gasteiger partial charge < -0.3 is 10.2 Å². The number of alkyl halides is 1. The molecule has 1 N–H and O–H groups in total. The van der Waals surface area contributed by atoms with Crippen LogP contribution < -0.4 is 5.32 Å². The van der Waals surface area contributed by atoms with Gasteiger partial charge in [0.15, 0.2) is 5.69 Å². The molecular weight excluding hydrogens is 387 g/mol. The van der Waals surface area contributed by atoms with Gasteiger partial charge in [-0.25, -0.2) is 14.1 Å². The Hall–Kier alpha value is -3.36. The third kappa shape index (κ3) is 4.14. The number of fused-ring (bicyclic) bond motifs is 1. The van der Waals surface area contributed by atoms with E-state index in [1.165, 1.54) is 15.8 Å². The predicted molar refractivity (Wildman–Crippen MR) is 109 cm³/mol. The normalized spacial score (nSPS) is 18.9. The summed E-state index contributed by atoms with van der Waals surface area (Å²) in [7, 11) is 0. The molecule has 1 fully saturated rings. The van der Waals surface area contributed by atoms with E-state index in [0.717, 1.165) is 5.39 Å². The Morgan fingerprint density at radius 2 is 2.00 bits per heavy atom. The van der Waals surface area contributed by atoms with Crippen molar-refractivity contribution >= 4 is 22.7 Å². The number of benzene rings is 1. The van der Waals surface area contributed by atoms with Gasteiger partial charge in [-0.15, -0.1) is 5.10 Å². The minimum absolute atomic E-state index is 0.00734. The van der Waals surface area contributed by atoms with Crippen molar-refractivity contribution in [1.82, 2.24) is 30.2 Å². The number of amides is 2. The molecule has 30 heavy (non-hydrogen) atoms. The van der Waals surface area contributed by atoms with Gasteiger partial charge in [0.25, 0.3) is 11.8 Å². The standard InChI is InChI=1S/C21H23FN6O2/c1-13(2)23-20(29)19-12-27(26-25-19)11-16-9-15(22)10-28(16)21(30)18-8-7-14-5-3-4-6-17(14)24-18/h3-8,12-13,15-16H,9-11H2,1-2H3,(H,23,29)/t15-,16-/m0/s1. The van der Waals surface area contributed by atoms with Crippen molar-refractivity contribution in [2.75, 3.05) is 6.54 Å². The van der Waals surface area contributed by atoms with E-state index in [0.29, 0.717) is 5.52 Å². The SMILES string of the molecule is CC(C)NC(=O)c1cn(C[C@@H]2C[C@H](F)CN2C(=O)c2ccc3ccccc3n2)nn1. The highest BCUT2D eigenvalue weighted by molar-refractivity contribution is 5.95. The molecule has 8 nitrogen and oxygen atoms in total. The summed E-state index contributed by atoms with van der Waals surface area (Å²) in [5.74, 6) is -0.636. The van der Waals surface area contributed by atoms with Crippen molar-refractivity contribution in [2.24, 2.45) is 0 Å². The maximum Gasteiger partial charge on any atom is 0.273 e. The summed E-state index contributed by atoms with van der Waals surface area (Å²) in [5, 5.41) is 11.5. The average Bonchev–Trinajstić information content (AvgIpc) is 3.33. The van der Waals surface area contributed by atoms with Gasteiger partial charge in [-0.1, -0.05) is 29.5 Å². The van der Waals surface area contributed by atoms with Crippen LogP contribution in [0.4, 0.5) is 4.39 Å². The molecule has 0 radical (unpaired) electrons. The van der Waals surface area contributed by atoms with E-state index >= 15 is 0 Å². The Bertz CT molecular complexity index is 1080. The molecule has 0 spiro atoms. The lowest BCUT2D eigenvalue weighted by molar-refractivity contribution is 0.0708. The van der Waals surface area contributed by atoms with Gasteiger partial charge in [0.1, 0.15) is 11.9 Å². The van der Waals surface area contributed by atoms with Crippen molar-refractivity contribution in [3.63, 3.8) is 0 Å². The molecule has 2 aromatic heterocycles. The number of hydrogen-bond acceptors (Lipinski definition) is 5. The molecule has 0 aliphatic carbocycles. The Morgan fingerprint density at radius 3 is 2.80 bits per heavy atom. The molecule has 1 aliphatic heterocycles. The molecule has 0 saturated carbocycles. The number of rotatable bonds is 5. The predicted octanol–water partition coefficient (Wildman–Crippen LogP) is 2.22. The molecule has 3 heterocycles. The fraction of sp³-hybridized carbons (Fsp3) is 0.381. The smallest absolute Gasteiger partial charge is 0.273 e. The van der Waals surface area contributed by atoms with Crippen LogP contribution in [0.15, 0.2) is 42.6 Å². The number of likely N-dealkylation sites (tertiary alicyclic amines) is 1. The molecule has 0 unspecified atom stereocenters. The first-order valence-corrected chi connectivity index (χ1v) is 9.92. The van der Waals surface area contributed by atoms with E-state index < -0.39 is 12.2 Å². The molecule has 1 aliphatic rings. The number of para-hydroxylation sites is 1. The molecule has 3 aromatic rings. The van der Waals surface area contributed by atoms with Gasteiger partial charge in [0.05, 0.1) is 30.8 Å². The summed E-state index contributed by atoms with van der Waals surface area (Å²) >= 11 is 0. The third-order valence-corrected chi connectivity index (χ3v) is 5.03. The van der Waals surface area contributed by atoms with Crippen LogP contribution in [0.1, 0.15) is 41.2 Å². The van der Waals surface area contributed by atoms with Crippen LogP contribution >= 0.6 is 0 Å². The number of carbonyl (C=O) groups excluding carboxylic acids is 2. The van der Waals surface area contributed by atoms with Crippen LogP contribution in [-0.2, 0) is 6.54 Å². The first kappa shape index (κ1) is 19.9. The second-order valence-corrected chi connectivity index (χ2v) is 7.79. The lowest BCUT2D eigenvalue weighted by Gasteiger charge is -2.23. The van der Waals surface area contributed by atoms with Gasteiger partial charge in [0.2, 0.25) is 0 Å². The number of nitrogens with one attached hydrogen (secondary N) is 1. The van der Waals surface area contributed by atoms with Crippen LogP contribution in [0.3, 0.4) is 0 Å². The highest BCUT2D eigenvalue weighted by atomic mass is 19.1. The van der Waals surface area contributed by atoms with E-state index in [1.807, 2.05) is 44.2 Å². The first-order chi connectivity index (χ1) is 14.4. The van der Waals surface area contributed by atoms with Crippen LogP contribution in [0, 0.1) is 0 Å². The summed E-state index contributed by atoms with van der Waals surface area (Å²) in [4.78, 5) is 31.1. The lowest BCUT2D eigenvalue weighted by Crippen LogP contribution is -2.38. The van der Waals surface area contributed by atoms with E-state index in [1.54, 1.807) is 6.07 Å². The Morgan fingerprint density at radius 1 is 1.20 bits per heavy atom. The van der Waals surface area contributed by atoms with Crippen molar-refractivity contribution in [3.8, 4) is 0 Å². The van der Waals surface area contributed by atoms with Crippen LogP contribution in [-0.4, -0.2) is 61.5 Å². The molecule has 0 bridgehead atoms. The molecule has 2 atom stereocenters. The highest BCUT2D eigenvalue weighted by Crippen LogP contribution is 2.24. The topological polar surface area (TPSA) is 93.0 Å². The number of aromatic nitrogens is 4. The number of pyridine rings is 1. The number of hydrogen-bond donors (Lipinski definition) is 1. The quantitative estimate of drug-likeness (QED) is 0.696. The van der Waals surface area contributed by atoms with E-state index in [4.69, 9.17) is 0 Å².